The molecular weight excluding hydrogens is 466 g/mol. The van der Waals surface area contributed by atoms with Gasteiger partial charge >= 0.3 is 0 Å². The lowest BCUT2D eigenvalue weighted by Crippen LogP contribution is -2.23. The molecule has 36 heavy (non-hydrogen) atoms. The lowest BCUT2D eigenvalue weighted by Gasteiger charge is -2.11. The highest BCUT2D eigenvalue weighted by atomic mass is 32.2. The third kappa shape index (κ3) is 6.22. The normalized spacial score (nSPS) is 11.0. The van der Waals surface area contributed by atoms with Crippen molar-refractivity contribution >= 4 is 23.3 Å². The molecule has 6 heteroatoms. The lowest BCUT2D eigenvalue weighted by atomic mass is 10.1. The average molecular weight is 494 g/mol. The van der Waals surface area contributed by atoms with E-state index in [9.17, 15) is 4.79 Å². The van der Waals surface area contributed by atoms with E-state index in [1.807, 2.05) is 95.7 Å². The van der Waals surface area contributed by atoms with Gasteiger partial charge in [0.05, 0.1) is 24.5 Å². The highest BCUT2D eigenvalue weighted by Crippen LogP contribution is 2.26. The Morgan fingerprint density at radius 1 is 0.833 bits per heavy atom. The van der Waals surface area contributed by atoms with Gasteiger partial charge in [-0.25, -0.2) is 4.98 Å². The molecule has 0 saturated carbocycles. The number of pyridine rings is 1. The number of nitrogens with one attached hydrogen (secondary N) is 1. The van der Waals surface area contributed by atoms with E-state index in [0.29, 0.717) is 31.1 Å². The number of rotatable bonds is 10. The van der Waals surface area contributed by atoms with E-state index in [-0.39, 0.29) is 5.91 Å². The minimum Gasteiger partial charge on any atom is -0.372 e. The van der Waals surface area contributed by atoms with Crippen LogP contribution in [0, 0.1) is 0 Å². The Kier molecular flexibility index (Phi) is 7.76. The van der Waals surface area contributed by atoms with Gasteiger partial charge in [0.25, 0.3) is 5.91 Å². The van der Waals surface area contributed by atoms with Crippen molar-refractivity contribution in [2.75, 3.05) is 0 Å². The zero-order valence-corrected chi connectivity index (χ0v) is 20.7. The molecule has 5 nitrogen and oxygen atoms in total. The fourth-order valence-corrected chi connectivity index (χ4v) is 4.89. The topological polar surface area (TPSA) is 55.6 Å². The second-order valence-electron chi connectivity index (χ2n) is 8.46. The minimum atomic E-state index is -0.0844. The van der Waals surface area contributed by atoms with Crippen molar-refractivity contribution in [2.45, 2.75) is 30.4 Å². The van der Waals surface area contributed by atoms with Gasteiger partial charge in [0.2, 0.25) is 0 Å². The van der Waals surface area contributed by atoms with Crippen LogP contribution in [0.2, 0.25) is 0 Å². The van der Waals surface area contributed by atoms with Crippen LogP contribution in [-0.4, -0.2) is 15.3 Å². The summed E-state index contributed by atoms with van der Waals surface area (Å²) in [6.07, 6.45) is 4.02. The van der Waals surface area contributed by atoms with Gasteiger partial charge in [-0.1, -0.05) is 72.8 Å². The van der Waals surface area contributed by atoms with Gasteiger partial charge in [-0.3, -0.25) is 4.79 Å². The Hall–Kier alpha value is -3.87. The number of hydrogen-bond donors (Lipinski definition) is 1. The number of benzene rings is 3. The number of nitrogens with zero attached hydrogens (tertiary/aromatic N) is 2. The van der Waals surface area contributed by atoms with E-state index in [1.165, 1.54) is 0 Å². The van der Waals surface area contributed by atoms with E-state index >= 15 is 0 Å². The molecule has 0 fully saturated rings. The largest absolute Gasteiger partial charge is 0.372 e. The van der Waals surface area contributed by atoms with Crippen molar-refractivity contribution in [3.8, 4) is 0 Å². The van der Waals surface area contributed by atoms with Crippen LogP contribution in [0.25, 0.3) is 5.65 Å². The Morgan fingerprint density at radius 3 is 2.47 bits per heavy atom. The molecule has 2 heterocycles. The summed E-state index contributed by atoms with van der Waals surface area (Å²) in [5.41, 5.74) is 5.85. The summed E-state index contributed by atoms with van der Waals surface area (Å²) in [6, 6.07) is 31.9. The molecule has 0 aliphatic heterocycles. The number of ether oxygens (including phenoxy) is 1. The molecule has 180 valence electrons. The smallest absolute Gasteiger partial charge is 0.252 e. The molecule has 0 saturated heterocycles. The summed E-state index contributed by atoms with van der Waals surface area (Å²) >= 11 is 1.62. The van der Waals surface area contributed by atoms with Gasteiger partial charge in [0.1, 0.15) is 5.65 Å². The van der Waals surface area contributed by atoms with Crippen LogP contribution >= 0.6 is 11.8 Å². The van der Waals surface area contributed by atoms with Crippen molar-refractivity contribution < 1.29 is 9.53 Å². The van der Waals surface area contributed by atoms with Crippen LogP contribution in [0.5, 0.6) is 0 Å². The molecule has 0 spiro atoms. The van der Waals surface area contributed by atoms with Crippen molar-refractivity contribution in [1.29, 1.82) is 0 Å². The molecule has 3 aromatic carbocycles. The maximum absolute atomic E-state index is 13.0. The first kappa shape index (κ1) is 23.9. The van der Waals surface area contributed by atoms with Crippen LogP contribution in [0.3, 0.4) is 0 Å². The summed E-state index contributed by atoms with van der Waals surface area (Å²) in [5, 5.41) is 3.07. The quantitative estimate of drug-likeness (QED) is 0.233. The Morgan fingerprint density at radius 2 is 1.58 bits per heavy atom. The molecular formula is C30H27N3O2S. The van der Waals surface area contributed by atoms with Crippen LogP contribution < -0.4 is 5.32 Å². The van der Waals surface area contributed by atoms with E-state index in [2.05, 4.69) is 28.5 Å². The molecule has 0 aliphatic rings. The summed E-state index contributed by atoms with van der Waals surface area (Å²) in [6.45, 7) is 1.56. The summed E-state index contributed by atoms with van der Waals surface area (Å²) in [5.74, 6) is 0.607. The minimum absolute atomic E-state index is 0.0844. The van der Waals surface area contributed by atoms with Gasteiger partial charge in [-0.15, -0.1) is 11.8 Å². The van der Waals surface area contributed by atoms with Crippen LogP contribution in [0.1, 0.15) is 32.7 Å². The molecule has 0 bridgehead atoms. The van der Waals surface area contributed by atoms with Gasteiger partial charge in [-0.05, 0) is 41.0 Å². The first-order chi connectivity index (χ1) is 17.7. The zero-order chi connectivity index (χ0) is 24.6. The van der Waals surface area contributed by atoms with Crippen molar-refractivity contribution in [1.82, 2.24) is 14.7 Å². The predicted molar refractivity (Wildman–Crippen MR) is 144 cm³/mol. The maximum atomic E-state index is 13.0. The number of fused-ring (bicyclic) bond motifs is 1. The van der Waals surface area contributed by atoms with Crippen LogP contribution in [-0.2, 0) is 30.2 Å². The van der Waals surface area contributed by atoms with Gasteiger partial charge < -0.3 is 14.5 Å². The molecule has 5 rings (SSSR count). The van der Waals surface area contributed by atoms with Crippen LogP contribution in [0.15, 0.2) is 114 Å². The average Bonchev–Trinajstić information content (AvgIpc) is 3.35. The fourth-order valence-electron chi connectivity index (χ4n) is 3.96. The van der Waals surface area contributed by atoms with Crippen molar-refractivity contribution in [3.63, 3.8) is 0 Å². The Labute approximate surface area is 215 Å². The SMILES string of the molecule is O=C(NCc1cccc(COCc2ccccc2)c1)c1ccccc1SCc1cn2ccccc2n1. The monoisotopic (exact) mass is 493 g/mol. The number of carbonyl (C=O) groups excluding carboxylic acids is 1. The van der Waals surface area contributed by atoms with Gasteiger partial charge in [0.15, 0.2) is 0 Å². The molecule has 1 amide bonds. The molecule has 5 aromatic rings. The van der Waals surface area contributed by atoms with Crippen LogP contribution in [0.4, 0.5) is 0 Å². The summed E-state index contributed by atoms with van der Waals surface area (Å²) in [7, 11) is 0. The number of amides is 1. The number of carbonyl (C=O) groups is 1. The fraction of sp³-hybridized carbons (Fsp3) is 0.133. The number of aromatic nitrogens is 2. The summed E-state index contributed by atoms with van der Waals surface area (Å²) in [4.78, 5) is 18.6. The van der Waals surface area contributed by atoms with Crippen molar-refractivity contribution in [2.24, 2.45) is 0 Å². The molecule has 2 aromatic heterocycles. The standard InChI is InChI=1S/C30H27N3O2S/c34-30(31-18-24-11-8-12-25(17-24)21-35-20-23-9-2-1-3-10-23)27-13-4-5-14-28(27)36-22-26-19-33-16-7-6-15-29(33)32-26/h1-17,19H,18,20-22H2,(H,31,34). The van der Waals surface area contributed by atoms with E-state index in [0.717, 1.165) is 32.9 Å². The highest BCUT2D eigenvalue weighted by Gasteiger charge is 2.12. The number of hydrogen-bond acceptors (Lipinski definition) is 4. The zero-order valence-electron chi connectivity index (χ0n) is 19.8. The molecule has 0 atom stereocenters. The predicted octanol–water partition coefficient (Wildman–Crippen LogP) is 6.27. The molecule has 1 N–H and O–H groups in total. The Bertz CT molecular complexity index is 1420. The molecule has 0 radical (unpaired) electrons. The van der Waals surface area contributed by atoms with E-state index in [4.69, 9.17) is 4.74 Å². The van der Waals surface area contributed by atoms with Crippen molar-refractivity contribution in [3.05, 3.63) is 137 Å². The maximum Gasteiger partial charge on any atom is 0.252 e. The summed E-state index contributed by atoms with van der Waals surface area (Å²) < 4.78 is 7.87. The third-order valence-corrected chi connectivity index (χ3v) is 6.85. The third-order valence-electron chi connectivity index (χ3n) is 5.75. The lowest BCUT2D eigenvalue weighted by molar-refractivity contribution is 0.0948. The second kappa shape index (κ2) is 11.7. The number of imidazole rings is 1. The second-order valence-corrected chi connectivity index (χ2v) is 9.48. The highest BCUT2D eigenvalue weighted by molar-refractivity contribution is 7.98. The van der Waals surface area contributed by atoms with E-state index < -0.39 is 0 Å². The number of thioether (sulfide) groups is 1. The molecule has 0 aliphatic carbocycles. The van der Waals surface area contributed by atoms with Gasteiger partial charge in [0, 0.05) is 29.6 Å². The van der Waals surface area contributed by atoms with Gasteiger partial charge in [-0.2, -0.15) is 0 Å². The van der Waals surface area contributed by atoms with E-state index in [1.54, 1.807) is 11.8 Å². The first-order valence-corrected chi connectivity index (χ1v) is 12.9. The Balaban J connectivity index is 1.16. The molecule has 0 unspecified atom stereocenters. The first-order valence-electron chi connectivity index (χ1n) is 11.9.